The molecule has 0 saturated carbocycles. The van der Waals surface area contributed by atoms with Crippen LogP contribution in [0.5, 0.6) is 0 Å². The summed E-state index contributed by atoms with van der Waals surface area (Å²) in [6.45, 7) is 3.53. The van der Waals surface area contributed by atoms with Gasteiger partial charge in [0.25, 0.3) is 0 Å². The van der Waals surface area contributed by atoms with E-state index in [4.69, 9.17) is 5.26 Å². The predicted octanol–water partition coefficient (Wildman–Crippen LogP) is 3.45. The van der Waals surface area contributed by atoms with Crippen LogP contribution < -0.4 is 5.32 Å². The zero-order chi connectivity index (χ0) is 13.1. The zero-order valence-corrected chi connectivity index (χ0v) is 10.2. The lowest BCUT2D eigenvalue weighted by Crippen LogP contribution is -1.99. The Bertz CT molecular complexity index is 629. The van der Waals surface area contributed by atoms with Crippen LogP contribution in [0.25, 0.3) is 0 Å². The Morgan fingerprint density at radius 3 is 2.67 bits per heavy atom. The second kappa shape index (κ2) is 4.84. The number of nitrogens with zero attached hydrogens (tertiary/aromatic N) is 2. The fraction of sp³-hybridized carbons (Fsp3) is 0.143. The first-order valence-electron chi connectivity index (χ1n) is 5.50. The maximum Gasteiger partial charge on any atom is 0.148 e. The first-order valence-corrected chi connectivity index (χ1v) is 5.50. The van der Waals surface area contributed by atoms with Gasteiger partial charge in [-0.2, -0.15) is 5.26 Å². The van der Waals surface area contributed by atoms with E-state index in [9.17, 15) is 4.39 Å². The molecule has 0 spiro atoms. The maximum atomic E-state index is 13.4. The highest BCUT2D eigenvalue weighted by Gasteiger charge is 2.07. The molecule has 0 radical (unpaired) electrons. The fourth-order valence-electron chi connectivity index (χ4n) is 1.60. The van der Waals surface area contributed by atoms with Gasteiger partial charge in [-0.1, -0.05) is 6.07 Å². The van der Waals surface area contributed by atoms with Crippen molar-refractivity contribution in [2.24, 2.45) is 0 Å². The van der Waals surface area contributed by atoms with Gasteiger partial charge in [-0.3, -0.25) is 0 Å². The number of aromatic nitrogens is 1. The monoisotopic (exact) mass is 241 g/mol. The number of anilines is 2. The van der Waals surface area contributed by atoms with E-state index >= 15 is 0 Å². The second-order valence-corrected chi connectivity index (χ2v) is 4.05. The first kappa shape index (κ1) is 12.1. The summed E-state index contributed by atoms with van der Waals surface area (Å²) in [5, 5.41) is 12.0. The quantitative estimate of drug-likeness (QED) is 0.876. The smallest absolute Gasteiger partial charge is 0.148 e. The topological polar surface area (TPSA) is 48.7 Å². The molecule has 0 bridgehead atoms. The summed E-state index contributed by atoms with van der Waals surface area (Å²) in [6, 6.07) is 8.68. The number of nitrogens with one attached hydrogen (secondary N) is 1. The molecule has 4 heteroatoms. The van der Waals surface area contributed by atoms with Gasteiger partial charge in [-0.05, 0) is 43.2 Å². The van der Waals surface area contributed by atoms with Gasteiger partial charge in [0.2, 0.25) is 0 Å². The van der Waals surface area contributed by atoms with E-state index in [0.717, 1.165) is 5.56 Å². The third-order valence-electron chi connectivity index (χ3n) is 2.71. The van der Waals surface area contributed by atoms with E-state index in [1.807, 2.05) is 6.92 Å². The van der Waals surface area contributed by atoms with Crippen molar-refractivity contribution in [3.8, 4) is 6.07 Å². The first-order chi connectivity index (χ1) is 8.61. The molecule has 1 heterocycles. The van der Waals surface area contributed by atoms with E-state index in [1.165, 1.54) is 6.07 Å². The van der Waals surface area contributed by atoms with E-state index in [-0.39, 0.29) is 5.82 Å². The molecule has 0 unspecified atom stereocenters. The number of hydrogen-bond donors (Lipinski definition) is 1. The van der Waals surface area contributed by atoms with Gasteiger partial charge in [0.05, 0.1) is 5.56 Å². The van der Waals surface area contributed by atoms with E-state index < -0.39 is 0 Å². The average molecular weight is 241 g/mol. The lowest BCUT2D eigenvalue weighted by atomic mass is 10.1. The number of nitriles is 1. The molecule has 1 aromatic carbocycles. The predicted molar refractivity (Wildman–Crippen MR) is 68.1 cm³/mol. The Hall–Kier alpha value is -2.41. The number of hydrogen-bond acceptors (Lipinski definition) is 3. The minimum atomic E-state index is -0.286. The molecule has 0 saturated heterocycles. The molecular formula is C14H12FN3. The molecule has 0 aliphatic carbocycles. The fourth-order valence-corrected chi connectivity index (χ4v) is 1.60. The molecule has 0 aliphatic heterocycles. The summed E-state index contributed by atoms with van der Waals surface area (Å²) >= 11 is 0. The lowest BCUT2D eigenvalue weighted by molar-refractivity contribution is 0.619. The van der Waals surface area contributed by atoms with Crippen molar-refractivity contribution in [2.45, 2.75) is 13.8 Å². The zero-order valence-electron chi connectivity index (χ0n) is 10.2. The molecular weight excluding hydrogens is 229 g/mol. The van der Waals surface area contributed by atoms with Crippen LogP contribution >= 0.6 is 0 Å². The van der Waals surface area contributed by atoms with Crippen LogP contribution in [0.1, 0.15) is 16.7 Å². The molecule has 1 N–H and O–H groups in total. The number of rotatable bonds is 2. The largest absolute Gasteiger partial charge is 0.339 e. The molecule has 0 amide bonds. The number of aryl methyl sites for hydroxylation is 2. The van der Waals surface area contributed by atoms with E-state index in [2.05, 4.69) is 16.4 Å². The van der Waals surface area contributed by atoms with Gasteiger partial charge in [-0.15, -0.1) is 0 Å². The normalized spacial score (nSPS) is 9.89. The Morgan fingerprint density at radius 2 is 2.00 bits per heavy atom. The highest BCUT2D eigenvalue weighted by Crippen LogP contribution is 2.21. The van der Waals surface area contributed by atoms with Gasteiger partial charge >= 0.3 is 0 Å². The molecule has 2 rings (SSSR count). The van der Waals surface area contributed by atoms with Crippen molar-refractivity contribution < 1.29 is 4.39 Å². The summed E-state index contributed by atoms with van der Waals surface area (Å²) in [6.07, 6.45) is 1.61. The lowest BCUT2D eigenvalue weighted by Gasteiger charge is -2.09. The minimum Gasteiger partial charge on any atom is -0.339 e. The Kier molecular flexibility index (Phi) is 3.24. The third kappa shape index (κ3) is 2.30. The van der Waals surface area contributed by atoms with Gasteiger partial charge in [-0.25, -0.2) is 9.37 Å². The SMILES string of the molecule is Cc1ccc(Nc2nccc(C)c2C#N)cc1F. The summed E-state index contributed by atoms with van der Waals surface area (Å²) in [5.41, 5.74) is 2.46. The summed E-state index contributed by atoms with van der Waals surface area (Å²) in [7, 11) is 0. The summed E-state index contributed by atoms with van der Waals surface area (Å²) in [4.78, 5) is 4.10. The Morgan fingerprint density at radius 1 is 1.22 bits per heavy atom. The third-order valence-corrected chi connectivity index (χ3v) is 2.71. The maximum absolute atomic E-state index is 13.4. The average Bonchev–Trinajstić information content (AvgIpc) is 2.34. The van der Waals surface area contributed by atoms with Crippen molar-refractivity contribution in [3.05, 3.63) is 53.0 Å². The molecule has 0 fully saturated rings. The number of pyridine rings is 1. The van der Waals surface area contributed by atoms with Gasteiger partial charge in [0.1, 0.15) is 17.7 Å². The second-order valence-electron chi connectivity index (χ2n) is 4.05. The molecule has 90 valence electrons. The summed E-state index contributed by atoms with van der Waals surface area (Å²) < 4.78 is 13.4. The molecule has 2 aromatic rings. The van der Waals surface area contributed by atoms with Crippen LogP contribution in [-0.2, 0) is 0 Å². The highest BCUT2D eigenvalue weighted by atomic mass is 19.1. The van der Waals surface area contributed by atoms with Crippen molar-refractivity contribution in [2.75, 3.05) is 5.32 Å². The minimum absolute atomic E-state index is 0.286. The molecule has 1 aromatic heterocycles. The van der Waals surface area contributed by atoms with Crippen LogP contribution in [0.3, 0.4) is 0 Å². The Labute approximate surface area is 105 Å². The van der Waals surface area contributed by atoms with Crippen LogP contribution in [0, 0.1) is 31.0 Å². The molecule has 0 atom stereocenters. The van der Waals surface area contributed by atoms with E-state index in [1.54, 1.807) is 31.3 Å². The van der Waals surface area contributed by atoms with E-state index in [0.29, 0.717) is 22.6 Å². The van der Waals surface area contributed by atoms with Crippen molar-refractivity contribution >= 4 is 11.5 Å². The van der Waals surface area contributed by atoms with Crippen LogP contribution in [0.2, 0.25) is 0 Å². The van der Waals surface area contributed by atoms with Crippen LogP contribution in [0.4, 0.5) is 15.9 Å². The molecule has 0 aliphatic rings. The van der Waals surface area contributed by atoms with Crippen molar-refractivity contribution in [3.63, 3.8) is 0 Å². The van der Waals surface area contributed by atoms with Crippen LogP contribution in [-0.4, -0.2) is 4.98 Å². The summed E-state index contributed by atoms with van der Waals surface area (Å²) in [5.74, 6) is 0.159. The van der Waals surface area contributed by atoms with Crippen molar-refractivity contribution in [1.29, 1.82) is 5.26 Å². The molecule has 18 heavy (non-hydrogen) atoms. The highest BCUT2D eigenvalue weighted by molar-refractivity contribution is 5.64. The number of benzene rings is 1. The Balaban J connectivity index is 2.37. The number of halogens is 1. The van der Waals surface area contributed by atoms with Crippen LogP contribution in [0.15, 0.2) is 30.5 Å². The van der Waals surface area contributed by atoms with Gasteiger partial charge in [0.15, 0.2) is 0 Å². The molecule has 3 nitrogen and oxygen atoms in total. The van der Waals surface area contributed by atoms with Crippen molar-refractivity contribution in [1.82, 2.24) is 4.98 Å². The van der Waals surface area contributed by atoms with Gasteiger partial charge < -0.3 is 5.32 Å². The van der Waals surface area contributed by atoms with Gasteiger partial charge in [0, 0.05) is 11.9 Å². The standard InChI is InChI=1S/C14H12FN3/c1-9-5-6-17-14(12(9)8-16)18-11-4-3-10(2)13(15)7-11/h3-7H,1-2H3,(H,17,18).